The number of fused-ring (bicyclic) bond motifs is 1. The number of quaternary nitrogens is 1. The first-order chi connectivity index (χ1) is 11.0. The van der Waals surface area contributed by atoms with Crippen LogP contribution < -0.4 is 10.5 Å². The quantitative estimate of drug-likeness (QED) is 0.723. The molecule has 0 amide bonds. The molecule has 2 aromatic carbocycles. The van der Waals surface area contributed by atoms with Crippen LogP contribution in [0.2, 0.25) is 0 Å². The molecule has 1 heterocycles. The van der Waals surface area contributed by atoms with Crippen LogP contribution in [0.15, 0.2) is 57.7 Å². The van der Waals surface area contributed by atoms with Gasteiger partial charge in [-0.1, -0.05) is 12.1 Å². The number of benzene rings is 2. The van der Waals surface area contributed by atoms with Crippen molar-refractivity contribution in [2.45, 2.75) is 13.1 Å². The molecule has 4 nitrogen and oxygen atoms in total. The summed E-state index contributed by atoms with van der Waals surface area (Å²) in [6.45, 7) is 1.32. The molecule has 3 rings (SSSR count). The minimum absolute atomic E-state index is 0.0600. The lowest BCUT2D eigenvalue weighted by molar-refractivity contribution is -0.907. The molecular formula is C18H17FNO3+. The van der Waals surface area contributed by atoms with Gasteiger partial charge in [0.25, 0.3) is 0 Å². The second-order valence-electron chi connectivity index (χ2n) is 5.71. The topological polar surface area (TPSA) is 54.9 Å². The molecule has 118 valence electrons. The number of halogens is 1. The summed E-state index contributed by atoms with van der Waals surface area (Å²) >= 11 is 0. The Bertz CT molecular complexity index is 887. The van der Waals surface area contributed by atoms with Crippen molar-refractivity contribution in [3.63, 3.8) is 0 Å². The summed E-state index contributed by atoms with van der Waals surface area (Å²) in [7, 11) is 2.00. The molecule has 0 aliphatic heterocycles. The standard InChI is InChI=1S/C18H16FNO3/c1-20(10-12-2-4-14(19)5-3-12)11-13-8-18(22)23-17-9-15(21)6-7-16(13)17/h2-9,21H,10-11H2,1H3/p+1. The Morgan fingerprint density at radius 1 is 1.09 bits per heavy atom. The van der Waals surface area contributed by atoms with E-state index in [9.17, 15) is 14.3 Å². The van der Waals surface area contributed by atoms with Crippen molar-refractivity contribution >= 4 is 11.0 Å². The molecule has 5 heteroatoms. The van der Waals surface area contributed by atoms with Crippen molar-refractivity contribution in [1.29, 1.82) is 0 Å². The zero-order chi connectivity index (χ0) is 16.4. The van der Waals surface area contributed by atoms with Crippen molar-refractivity contribution in [2.75, 3.05) is 7.05 Å². The Balaban J connectivity index is 1.85. The van der Waals surface area contributed by atoms with Crippen LogP contribution in [0.4, 0.5) is 4.39 Å². The van der Waals surface area contributed by atoms with Gasteiger partial charge in [-0.05, 0) is 24.3 Å². The maximum atomic E-state index is 13.0. The average Bonchev–Trinajstić information content (AvgIpc) is 2.49. The largest absolute Gasteiger partial charge is 0.508 e. The van der Waals surface area contributed by atoms with Gasteiger partial charge in [-0.3, -0.25) is 0 Å². The minimum Gasteiger partial charge on any atom is -0.508 e. The second kappa shape index (κ2) is 6.22. The number of hydrogen-bond donors (Lipinski definition) is 2. The Kier molecular flexibility index (Phi) is 4.12. The molecule has 23 heavy (non-hydrogen) atoms. The van der Waals surface area contributed by atoms with E-state index >= 15 is 0 Å². The fourth-order valence-corrected chi connectivity index (χ4v) is 2.70. The van der Waals surface area contributed by atoms with E-state index in [-0.39, 0.29) is 11.6 Å². The first kappa shape index (κ1) is 15.2. The fraction of sp³-hybridized carbons (Fsp3) is 0.167. The Morgan fingerprint density at radius 2 is 1.83 bits per heavy atom. The molecule has 1 unspecified atom stereocenters. The van der Waals surface area contributed by atoms with Gasteiger partial charge in [0.1, 0.15) is 30.2 Å². The Labute approximate surface area is 132 Å². The number of hydrogen-bond acceptors (Lipinski definition) is 3. The number of phenols is 1. The van der Waals surface area contributed by atoms with Crippen LogP contribution >= 0.6 is 0 Å². The van der Waals surface area contributed by atoms with Crippen molar-refractivity contribution < 1.29 is 18.8 Å². The molecule has 0 saturated carbocycles. The Hall–Kier alpha value is -2.66. The third kappa shape index (κ3) is 3.57. The SMILES string of the molecule is C[NH+](Cc1ccc(F)cc1)Cc1cc(=O)oc2cc(O)ccc12. The van der Waals surface area contributed by atoms with Crippen LogP contribution in [-0.2, 0) is 13.1 Å². The summed E-state index contributed by atoms with van der Waals surface area (Å²) in [5.41, 5.74) is 1.82. The van der Waals surface area contributed by atoms with Gasteiger partial charge in [-0.25, -0.2) is 9.18 Å². The zero-order valence-electron chi connectivity index (χ0n) is 12.7. The highest BCUT2D eigenvalue weighted by molar-refractivity contribution is 5.81. The van der Waals surface area contributed by atoms with Gasteiger partial charge in [-0.2, -0.15) is 0 Å². The van der Waals surface area contributed by atoms with Gasteiger partial charge < -0.3 is 14.4 Å². The predicted molar refractivity (Wildman–Crippen MR) is 84.8 cm³/mol. The molecule has 1 aromatic heterocycles. The molecule has 0 aliphatic rings. The van der Waals surface area contributed by atoms with Crippen molar-refractivity contribution in [3.05, 3.63) is 75.9 Å². The highest BCUT2D eigenvalue weighted by atomic mass is 19.1. The lowest BCUT2D eigenvalue weighted by Gasteiger charge is -2.15. The van der Waals surface area contributed by atoms with Gasteiger partial charge in [-0.15, -0.1) is 0 Å². The van der Waals surface area contributed by atoms with E-state index in [1.165, 1.54) is 24.3 Å². The van der Waals surface area contributed by atoms with Gasteiger partial charge in [0.2, 0.25) is 0 Å². The molecular weight excluding hydrogens is 297 g/mol. The summed E-state index contributed by atoms with van der Waals surface area (Å²) in [6, 6.07) is 12.6. The minimum atomic E-state index is -0.437. The zero-order valence-corrected chi connectivity index (χ0v) is 12.7. The van der Waals surface area contributed by atoms with E-state index in [1.807, 2.05) is 7.05 Å². The van der Waals surface area contributed by atoms with E-state index in [2.05, 4.69) is 0 Å². The van der Waals surface area contributed by atoms with Crippen LogP contribution in [0.25, 0.3) is 11.0 Å². The van der Waals surface area contributed by atoms with Crippen molar-refractivity contribution in [2.24, 2.45) is 0 Å². The summed E-state index contributed by atoms with van der Waals surface area (Å²) in [4.78, 5) is 12.8. The molecule has 2 N–H and O–H groups in total. The molecule has 0 aliphatic carbocycles. The lowest BCUT2D eigenvalue weighted by atomic mass is 10.1. The molecule has 0 bridgehead atoms. The first-order valence-electron chi connectivity index (χ1n) is 7.33. The van der Waals surface area contributed by atoms with E-state index in [1.54, 1.807) is 24.3 Å². The molecule has 0 fully saturated rings. The maximum Gasteiger partial charge on any atom is 0.336 e. The Morgan fingerprint density at radius 3 is 2.57 bits per heavy atom. The second-order valence-corrected chi connectivity index (χ2v) is 5.71. The van der Waals surface area contributed by atoms with Gasteiger partial charge in [0.05, 0.1) is 7.05 Å². The van der Waals surface area contributed by atoms with Gasteiger partial charge in [0.15, 0.2) is 0 Å². The number of phenolic OH excluding ortho intramolecular Hbond substituents is 1. The molecule has 0 saturated heterocycles. The number of rotatable bonds is 4. The van der Waals surface area contributed by atoms with Crippen molar-refractivity contribution in [1.82, 2.24) is 0 Å². The van der Waals surface area contributed by atoms with Crippen molar-refractivity contribution in [3.8, 4) is 5.75 Å². The summed E-state index contributed by atoms with van der Waals surface area (Å²) < 4.78 is 18.1. The van der Waals surface area contributed by atoms with E-state index < -0.39 is 5.63 Å². The normalized spacial score (nSPS) is 12.4. The van der Waals surface area contributed by atoms with Crippen LogP contribution in [0.1, 0.15) is 11.1 Å². The van der Waals surface area contributed by atoms with Gasteiger partial charge >= 0.3 is 5.63 Å². The van der Waals surface area contributed by atoms with E-state index in [4.69, 9.17) is 4.42 Å². The van der Waals surface area contributed by atoms with Crippen LogP contribution in [0.3, 0.4) is 0 Å². The van der Waals surface area contributed by atoms with Crippen LogP contribution in [-0.4, -0.2) is 12.2 Å². The smallest absolute Gasteiger partial charge is 0.336 e. The summed E-state index contributed by atoms with van der Waals surface area (Å²) in [6.07, 6.45) is 0. The van der Waals surface area contributed by atoms with Gasteiger partial charge in [0, 0.05) is 28.6 Å². The summed E-state index contributed by atoms with van der Waals surface area (Å²) in [5.74, 6) is -0.192. The number of nitrogens with one attached hydrogen (secondary N) is 1. The van der Waals surface area contributed by atoms with E-state index in [0.717, 1.165) is 21.4 Å². The third-order valence-electron chi connectivity index (χ3n) is 3.73. The first-order valence-corrected chi connectivity index (χ1v) is 7.33. The molecule has 0 radical (unpaired) electrons. The summed E-state index contributed by atoms with van der Waals surface area (Å²) in [5, 5.41) is 10.3. The highest BCUT2D eigenvalue weighted by Crippen LogP contribution is 2.21. The van der Waals surface area contributed by atoms with E-state index in [0.29, 0.717) is 18.7 Å². The molecule has 0 spiro atoms. The highest BCUT2D eigenvalue weighted by Gasteiger charge is 2.12. The predicted octanol–water partition coefficient (Wildman–Crippen LogP) is 1.85. The van der Waals surface area contributed by atoms with Crippen LogP contribution in [0, 0.1) is 5.82 Å². The molecule has 3 aromatic rings. The fourth-order valence-electron chi connectivity index (χ4n) is 2.70. The molecule has 1 atom stereocenters. The monoisotopic (exact) mass is 314 g/mol. The number of aromatic hydroxyl groups is 1. The lowest BCUT2D eigenvalue weighted by Crippen LogP contribution is -3.06. The maximum absolute atomic E-state index is 13.0. The average molecular weight is 314 g/mol. The third-order valence-corrected chi connectivity index (χ3v) is 3.73. The van der Waals surface area contributed by atoms with Crippen LogP contribution in [0.5, 0.6) is 5.75 Å².